The van der Waals surface area contributed by atoms with Gasteiger partial charge in [-0.15, -0.1) is 0 Å². The van der Waals surface area contributed by atoms with Crippen LogP contribution < -0.4 is 4.72 Å². The second kappa shape index (κ2) is 3.44. The van der Waals surface area contributed by atoms with Crippen molar-refractivity contribution in [2.75, 3.05) is 13.1 Å². The van der Waals surface area contributed by atoms with Crippen molar-refractivity contribution < 1.29 is 0 Å². The van der Waals surface area contributed by atoms with Crippen LogP contribution in [0.25, 0.3) is 0 Å². The summed E-state index contributed by atoms with van der Waals surface area (Å²) in [5.41, 5.74) is 0. The summed E-state index contributed by atoms with van der Waals surface area (Å²) in [6.45, 7) is 6.84. The van der Waals surface area contributed by atoms with Gasteiger partial charge in [0.15, 0.2) is 0 Å². The molecule has 0 aliphatic carbocycles. The van der Waals surface area contributed by atoms with Crippen molar-refractivity contribution >= 4 is 12.1 Å². The average Bonchev–Trinajstić information content (AvgIpc) is 1.90. The van der Waals surface area contributed by atoms with Crippen LogP contribution >= 0.6 is 12.1 Å². The predicted molar refractivity (Wildman–Crippen MR) is 42.1 cm³/mol. The highest BCUT2D eigenvalue weighted by Crippen LogP contribution is 2.14. The molecule has 0 aromatic heterocycles. The summed E-state index contributed by atoms with van der Waals surface area (Å²) in [5, 5.41) is 0. The summed E-state index contributed by atoms with van der Waals surface area (Å²) < 4.78 is 5.62. The first-order valence-corrected chi connectivity index (χ1v) is 4.24. The van der Waals surface area contributed by atoms with Crippen LogP contribution in [0.5, 0.6) is 0 Å². The summed E-state index contributed by atoms with van der Waals surface area (Å²) in [6, 6.07) is 0.669. The summed E-state index contributed by atoms with van der Waals surface area (Å²) in [5.74, 6) is 0. The van der Waals surface area contributed by atoms with Gasteiger partial charge >= 0.3 is 0 Å². The fourth-order valence-corrected chi connectivity index (χ4v) is 1.68. The molecule has 1 aliphatic heterocycles. The van der Waals surface area contributed by atoms with Crippen LogP contribution in [-0.2, 0) is 0 Å². The van der Waals surface area contributed by atoms with Crippen LogP contribution in [-0.4, -0.2) is 23.4 Å². The molecule has 0 amide bonds. The second-order valence-electron chi connectivity index (χ2n) is 2.57. The van der Waals surface area contributed by atoms with Crippen LogP contribution in [0.3, 0.4) is 0 Å². The van der Waals surface area contributed by atoms with Gasteiger partial charge in [-0.2, -0.15) is 0 Å². The molecular formula is C6H14N2S. The highest BCUT2D eigenvalue weighted by molar-refractivity contribution is 7.95. The van der Waals surface area contributed by atoms with Gasteiger partial charge in [0, 0.05) is 31.3 Å². The van der Waals surface area contributed by atoms with Gasteiger partial charge in [-0.3, -0.25) is 4.72 Å². The molecule has 0 radical (unpaired) electrons. The molecule has 0 atom stereocenters. The number of hydrogen-bond donors (Lipinski definition) is 1. The van der Waals surface area contributed by atoms with Gasteiger partial charge in [0.2, 0.25) is 0 Å². The van der Waals surface area contributed by atoms with E-state index in [1.54, 1.807) is 12.1 Å². The van der Waals surface area contributed by atoms with E-state index in [2.05, 4.69) is 22.9 Å². The van der Waals surface area contributed by atoms with Crippen LogP contribution in [0.2, 0.25) is 0 Å². The molecule has 0 aromatic carbocycles. The van der Waals surface area contributed by atoms with E-state index in [4.69, 9.17) is 0 Å². The van der Waals surface area contributed by atoms with Crippen molar-refractivity contribution in [3.8, 4) is 0 Å². The van der Waals surface area contributed by atoms with Crippen molar-refractivity contribution in [2.24, 2.45) is 0 Å². The lowest BCUT2D eigenvalue weighted by atomic mass is 10.3. The third-order valence-electron chi connectivity index (χ3n) is 1.42. The molecule has 1 N–H and O–H groups in total. The molecule has 1 heterocycles. The molecule has 3 heteroatoms. The molecule has 2 nitrogen and oxygen atoms in total. The Morgan fingerprint density at radius 1 is 1.56 bits per heavy atom. The summed E-state index contributed by atoms with van der Waals surface area (Å²) >= 11 is 1.75. The van der Waals surface area contributed by atoms with Crippen molar-refractivity contribution in [1.29, 1.82) is 0 Å². The highest BCUT2D eigenvalue weighted by atomic mass is 32.2. The van der Waals surface area contributed by atoms with Crippen molar-refractivity contribution in [3.05, 3.63) is 0 Å². The first-order chi connectivity index (χ1) is 4.30. The fourth-order valence-electron chi connectivity index (χ4n) is 0.845. The lowest BCUT2D eigenvalue weighted by Crippen LogP contribution is -2.34. The minimum absolute atomic E-state index is 0.669. The molecule has 0 saturated carbocycles. The fraction of sp³-hybridized carbons (Fsp3) is 1.00. The van der Waals surface area contributed by atoms with Gasteiger partial charge < -0.3 is 0 Å². The smallest absolute Gasteiger partial charge is 0.0158 e. The highest BCUT2D eigenvalue weighted by Gasteiger charge is 2.12. The third kappa shape index (κ3) is 2.16. The van der Waals surface area contributed by atoms with Gasteiger partial charge in [-0.1, -0.05) is 0 Å². The van der Waals surface area contributed by atoms with E-state index in [0.717, 1.165) is 6.54 Å². The van der Waals surface area contributed by atoms with E-state index in [9.17, 15) is 0 Å². The van der Waals surface area contributed by atoms with Gasteiger partial charge in [-0.25, -0.2) is 4.31 Å². The molecule has 0 unspecified atom stereocenters. The molecule has 0 bridgehead atoms. The Hall–Kier alpha value is 0.270. The zero-order chi connectivity index (χ0) is 6.69. The monoisotopic (exact) mass is 146 g/mol. The zero-order valence-electron chi connectivity index (χ0n) is 6.05. The van der Waals surface area contributed by atoms with Gasteiger partial charge in [0.1, 0.15) is 0 Å². The van der Waals surface area contributed by atoms with Crippen molar-refractivity contribution in [3.63, 3.8) is 0 Å². The molecule has 1 rings (SSSR count). The number of rotatable bonds is 1. The number of hydrogen-bond acceptors (Lipinski definition) is 3. The minimum Gasteiger partial charge on any atom is -0.251 e. The molecule has 54 valence electrons. The molecular weight excluding hydrogens is 132 g/mol. The maximum absolute atomic E-state index is 3.26. The van der Waals surface area contributed by atoms with E-state index < -0.39 is 0 Å². The second-order valence-corrected chi connectivity index (χ2v) is 3.51. The first kappa shape index (κ1) is 7.38. The van der Waals surface area contributed by atoms with Gasteiger partial charge in [0.05, 0.1) is 0 Å². The SMILES string of the molecule is CC(C)N1CCCNS1. The van der Waals surface area contributed by atoms with Crippen LogP contribution in [0.1, 0.15) is 20.3 Å². The van der Waals surface area contributed by atoms with Crippen molar-refractivity contribution in [2.45, 2.75) is 26.3 Å². The van der Waals surface area contributed by atoms with E-state index >= 15 is 0 Å². The third-order valence-corrected chi connectivity index (χ3v) is 2.59. The van der Waals surface area contributed by atoms with Crippen molar-refractivity contribution in [1.82, 2.24) is 9.03 Å². The maximum Gasteiger partial charge on any atom is 0.0158 e. The van der Waals surface area contributed by atoms with Gasteiger partial charge in [0.25, 0.3) is 0 Å². The predicted octanol–water partition coefficient (Wildman–Crippen LogP) is 1.25. The summed E-state index contributed by atoms with van der Waals surface area (Å²) in [7, 11) is 0. The lowest BCUT2D eigenvalue weighted by Gasteiger charge is -2.28. The lowest BCUT2D eigenvalue weighted by molar-refractivity contribution is 0.373. The Balaban J connectivity index is 2.23. The van der Waals surface area contributed by atoms with Crippen LogP contribution in [0.4, 0.5) is 0 Å². The quantitative estimate of drug-likeness (QED) is 0.561. The average molecular weight is 146 g/mol. The Kier molecular flexibility index (Phi) is 2.82. The normalized spacial score (nSPS) is 23.0. The number of nitrogens with one attached hydrogen (secondary N) is 1. The van der Waals surface area contributed by atoms with E-state index in [1.165, 1.54) is 13.0 Å². The largest absolute Gasteiger partial charge is 0.251 e. The topological polar surface area (TPSA) is 15.3 Å². The molecule has 0 spiro atoms. The Morgan fingerprint density at radius 3 is 2.67 bits per heavy atom. The Bertz CT molecular complexity index is 79.1. The Morgan fingerprint density at radius 2 is 2.33 bits per heavy atom. The van der Waals surface area contributed by atoms with Gasteiger partial charge in [-0.05, 0) is 20.3 Å². The number of nitrogens with zero attached hydrogens (tertiary/aromatic N) is 1. The van der Waals surface area contributed by atoms with Crippen LogP contribution in [0.15, 0.2) is 0 Å². The molecule has 1 fully saturated rings. The molecule has 9 heavy (non-hydrogen) atoms. The molecule has 0 aromatic rings. The zero-order valence-corrected chi connectivity index (χ0v) is 6.87. The Labute approximate surface area is 61.3 Å². The van der Waals surface area contributed by atoms with E-state index in [-0.39, 0.29) is 0 Å². The van der Waals surface area contributed by atoms with E-state index in [0.29, 0.717) is 6.04 Å². The summed E-state index contributed by atoms with van der Waals surface area (Å²) in [4.78, 5) is 0. The standard InChI is InChI=1S/C6H14N2S/c1-6(2)8-5-3-4-7-9-8/h6-7H,3-5H2,1-2H3. The van der Waals surface area contributed by atoms with Crippen LogP contribution in [0, 0.1) is 0 Å². The van der Waals surface area contributed by atoms with E-state index in [1.807, 2.05) is 0 Å². The summed E-state index contributed by atoms with van der Waals surface area (Å²) in [6.07, 6.45) is 1.28. The maximum atomic E-state index is 3.26. The first-order valence-electron chi connectivity index (χ1n) is 3.47. The minimum atomic E-state index is 0.669. The molecule has 1 saturated heterocycles. The molecule has 1 aliphatic rings.